The molecule has 152 valence electrons. The highest BCUT2D eigenvalue weighted by Crippen LogP contribution is 2.21. The van der Waals surface area contributed by atoms with E-state index in [1.807, 2.05) is 0 Å². The quantitative estimate of drug-likeness (QED) is 0.122. The van der Waals surface area contributed by atoms with Crippen LogP contribution >= 0.6 is 0 Å². The van der Waals surface area contributed by atoms with Gasteiger partial charge in [-0.1, -0.05) is 12.1 Å². The third-order valence-electron chi connectivity index (χ3n) is 3.78. The van der Waals surface area contributed by atoms with Crippen molar-refractivity contribution in [2.45, 2.75) is 32.7 Å². The minimum Gasteiger partial charge on any atom is -0.569 e. The Kier molecular flexibility index (Phi) is 7.55. The molecule has 1 aromatic carbocycles. The molecule has 0 unspecified atom stereocenters. The zero-order chi connectivity index (χ0) is 20.5. The van der Waals surface area contributed by atoms with Crippen molar-refractivity contribution in [3.8, 4) is 5.75 Å². The lowest BCUT2D eigenvalue weighted by molar-refractivity contribution is -0.715. The van der Waals surface area contributed by atoms with Gasteiger partial charge in [-0.25, -0.2) is 4.79 Å². The number of rotatable bonds is 8. The number of carbonyl (C=O) groups is 3. The first-order chi connectivity index (χ1) is 13.4. The van der Waals surface area contributed by atoms with Gasteiger partial charge in [-0.05, 0) is 25.0 Å². The van der Waals surface area contributed by atoms with E-state index in [4.69, 9.17) is 9.47 Å². The number of hydrazine groups is 1. The van der Waals surface area contributed by atoms with Crippen LogP contribution in [0.15, 0.2) is 29.5 Å². The van der Waals surface area contributed by atoms with Gasteiger partial charge in [-0.3, -0.25) is 9.59 Å². The van der Waals surface area contributed by atoms with Crippen molar-refractivity contribution in [2.75, 3.05) is 19.9 Å². The maximum atomic E-state index is 12.3. The third kappa shape index (κ3) is 6.11. The molecule has 1 aliphatic heterocycles. The van der Waals surface area contributed by atoms with Crippen molar-refractivity contribution in [2.24, 2.45) is 5.28 Å². The SMILES string of the molecule is CC(=O)OCO/N=[N+](\[O-])N1CCC[C@H]1COC(=O)c1ccccc1OC(C)=O. The van der Waals surface area contributed by atoms with Crippen LogP contribution in [0.5, 0.6) is 5.75 Å². The lowest BCUT2D eigenvalue weighted by atomic mass is 10.2. The van der Waals surface area contributed by atoms with Gasteiger partial charge < -0.3 is 24.3 Å². The Morgan fingerprint density at radius 3 is 2.68 bits per heavy atom. The van der Waals surface area contributed by atoms with E-state index in [2.05, 4.69) is 14.9 Å². The summed E-state index contributed by atoms with van der Waals surface area (Å²) in [4.78, 5) is 39.0. The summed E-state index contributed by atoms with van der Waals surface area (Å²) in [6, 6.07) is 5.80. The van der Waals surface area contributed by atoms with Gasteiger partial charge in [-0.2, -0.15) is 0 Å². The van der Waals surface area contributed by atoms with Gasteiger partial charge >= 0.3 is 17.9 Å². The summed E-state index contributed by atoms with van der Waals surface area (Å²) in [5.74, 6) is -1.70. The molecular formula is C17H21N3O8. The summed E-state index contributed by atoms with van der Waals surface area (Å²) in [6.45, 7) is 2.28. The predicted octanol–water partition coefficient (Wildman–Crippen LogP) is 1.56. The molecule has 1 heterocycles. The normalized spacial score (nSPS) is 16.4. The number of nitrogens with zero attached hydrogens (tertiary/aromatic N) is 3. The van der Waals surface area contributed by atoms with Gasteiger partial charge in [0.1, 0.15) is 24.0 Å². The summed E-state index contributed by atoms with van der Waals surface area (Å²) >= 11 is 0. The Bertz CT molecular complexity index is 752. The maximum Gasteiger partial charge on any atom is 0.342 e. The summed E-state index contributed by atoms with van der Waals surface area (Å²) < 4.78 is 14.8. The van der Waals surface area contributed by atoms with Gasteiger partial charge in [0.05, 0.1) is 11.5 Å². The molecule has 0 bridgehead atoms. The first-order valence-electron chi connectivity index (χ1n) is 8.53. The lowest BCUT2D eigenvalue weighted by Crippen LogP contribution is -2.38. The fraction of sp³-hybridized carbons (Fsp3) is 0.471. The Balaban J connectivity index is 1.92. The largest absolute Gasteiger partial charge is 0.569 e. The molecule has 0 spiro atoms. The highest BCUT2D eigenvalue weighted by molar-refractivity contribution is 5.93. The second kappa shape index (κ2) is 10.1. The van der Waals surface area contributed by atoms with Gasteiger partial charge in [-0.15, -0.1) is 5.01 Å². The number of benzene rings is 1. The zero-order valence-electron chi connectivity index (χ0n) is 15.5. The molecule has 1 saturated heterocycles. The molecule has 0 amide bonds. The van der Waals surface area contributed by atoms with E-state index in [1.54, 1.807) is 12.1 Å². The summed E-state index contributed by atoms with van der Waals surface area (Å²) in [7, 11) is 0. The van der Waals surface area contributed by atoms with E-state index >= 15 is 0 Å². The number of ether oxygens (including phenoxy) is 3. The summed E-state index contributed by atoms with van der Waals surface area (Å²) in [5, 5.41) is 16.6. The Morgan fingerprint density at radius 1 is 1.21 bits per heavy atom. The van der Waals surface area contributed by atoms with E-state index < -0.39 is 30.7 Å². The molecule has 0 aromatic heterocycles. The maximum absolute atomic E-state index is 12.3. The average Bonchev–Trinajstić information content (AvgIpc) is 3.11. The molecule has 28 heavy (non-hydrogen) atoms. The molecule has 0 saturated carbocycles. The van der Waals surface area contributed by atoms with Crippen molar-refractivity contribution in [1.82, 2.24) is 5.01 Å². The molecule has 11 nitrogen and oxygen atoms in total. The van der Waals surface area contributed by atoms with Crippen LogP contribution in [-0.2, 0) is 23.9 Å². The minimum atomic E-state index is -0.677. The van der Waals surface area contributed by atoms with Crippen molar-refractivity contribution < 1.29 is 38.4 Å². The summed E-state index contributed by atoms with van der Waals surface area (Å²) in [6.07, 6.45) is 1.31. The molecule has 1 aliphatic rings. The summed E-state index contributed by atoms with van der Waals surface area (Å²) in [5.41, 5.74) is 0.107. The first-order valence-corrected chi connectivity index (χ1v) is 8.53. The zero-order valence-corrected chi connectivity index (χ0v) is 15.5. The smallest absolute Gasteiger partial charge is 0.342 e. The fourth-order valence-electron chi connectivity index (χ4n) is 2.57. The minimum absolute atomic E-state index is 0.0640. The van der Waals surface area contributed by atoms with E-state index in [-0.39, 0.29) is 22.9 Å². The van der Waals surface area contributed by atoms with Crippen molar-refractivity contribution in [3.05, 3.63) is 35.0 Å². The van der Waals surface area contributed by atoms with E-state index in [9.17, 15) is 19.6 Å². The molecule has 0 aliphatic carbocycles. The monoisotopic (exact) mass is 395 g/mol. The molecule has 1 fully saturated rings. The Hall–Kier alpha value is -3.37. The number of esters is 3. The molecule has 1 atom stereocenters. The van der Waals surface area contributed by atoms with Crippen LogP contribution in [0.1, 0.15) is 37.0 Å². The topological polar surface area (TPSA) is 130 Å². The van der Waals surface area contributed by atoms with Crippen molar-refractivity contribution >= 4 is 17.9 Å². The average molecular weight is 395 g/mol. The molecular weight excluding hydrogens is 374 g/mol. The molecule has 1 aromatic rings. The number of para-hydroxylation sites is 1. The Labute approximate surface area is 160 Å². The van der Waals surface area contributed by atoms with Gasteiger partial charge in [0, 0.05) is 13.8 Å². The molecule has 2 rings (SSSR count). The second-order valence-corrected chi connectivity index (χ2v) is 5.86. The fourth-order valence-corrected chi connectivity index (χ4v) is 2.57. The highest BCUT2D eigenvalue weighted by Gasteiger charge is 2.32. The molecule has 11 heteroatoms. The lowest BCUT2D eigenvalue weighted by Gasteiger charge is -2.20. The first kappa shape index (κ1) is 20.9. The van der Waals surface area contributed by atoms with E-state index in [0.717, 1.165) is 0 Å². The van der Waals surface area contributed by atoms with Gasteiger partial charge in [0.25, 0.3) is 6.79 Å². The van der Waals surface area contributed by atoms with Crippen LogP contribution in [0.25, 0.3) is 0 Å². The number of carbonyl (C=O) groups excluding carboxylic acids is 3. The van der Waals surface area contributed by atoms with Crippen molar-refractivity contribution in [1.29, 1.82) is 0 Å². The predicted molar refractivity (Wildman–Crippen MR) is 91.5 cm³/mol. The van der Waals surface area contributed by atoms with Crippen LogP contribution in [-0.4, -0.2) is 53.9 Å². The Morgan fingerprint density at radius 2 is 1.96 bits per heavy atom. The van der Waals surface area contributed by atoms with Crippen molar-refractivity contribution in [3.63, 3.8) is 0 Å². The standard InChI is InChI=1S/C17H21N3O8/c1-12(21)26-11-27-18-20(24)19-9-5-6-14(19)10-25-17(23)15-7-3-4-8-16(15)28-13(2)22/h3-4,7-8,14H,5-6,9-11H2,1-2H3/b20-18-/t14-/m0/s1. The second-order valence-electron chi connectivity index (χ2n) is 5.86. The number of hydrogen-bond donors (Lipinski definition) is 0. The van der Waals surface area contributed by atoms with Gasteiger partial charge in [0.2, 0.25) is 5.28 Å². The molecule has 0 N–H and O–H groups in total. The van der Waals surface area contributed by atoms with Crippen LogP contribution < -0.4 is 4.74 Å². The third-order valence-corrected chi connectivity index (χ3v) is 3.78. The van der Waals surface area contributed by atoms with E-state index in [1.165, 1.54) is 31.0 Å². The van der Waals surface area contributed by atoms with Gasteiger partial charge in [0.15, 0.2) is 0 Å². The van der Waals surface area contributed by atoms with Crippen LogP contribution in [0.3, 0.4) is 0 Å². The van der Waals surface area contributed by atoms with Crippen LogP contribution in [0, 0.1) is 5.21 Å². The number of hydrogen-bond acceptors (Lipinski definition) is 9. The van der Waals surface area contributed by atoms with Crippen LogP contribution in [0.4, 0.5) is 0 Å². The highest BCUT2D eigenvalue weighted by atomic mass is 16.8. The van der Waals surface area contributed by atoms with E-state index in [0.29, 0.717) is 19.4 Å². The molecule has 0 radical (unpaired) electrons. The van der Waals surface area contributed by atoms with Crippen LogP contribution in [0.2, 0.25) is 0 Å².